The summed E-state index contributed by atoms with van der Waals surface area (Å²) in [4.78, 5) is 21.1. The molecule has 0 spiro atoms. The van der Waals surface area contributed by atoms with Crippen LogP contribution in [-0.2, 0) is 6.42 Å². The number of nitrogens with zero attached hydrogens (tertiary/aromatic N) is 2. The summed E-state index contributed by atoms with van der Waals surface area (Å²) in [6.07, 6.45) is 6.97. The highest BCUT2D eigenvalue weighted by Crippen LogP contribution is 2.14. The summed E-state index contributed by atoms with van der Waals surface area (Å²) in [7, 11) is 0. The molecular weight excluding hydrogens is 216 g/mol. The fraction of sp³-hybridized carbons (Fsp3) is 0.667. The Morgan fingerprint density at radius 1 is 1.35 bits per heavy atom. The molecule has 1 aliphatic heterocycles. The molecule has 0 saturated carbocycles. The van der Waals surface area contributed by atoms with Gasteiger partial charge in [-0.25, -0.2) is 4.98 Å². The predicted molar refractivity (Wildman–Crippen MR) is 68.3 cm³/mol. The number of anilines is 1. The van der Waals surface area contributed by atoms with E-state index in [0.717, 1.165) is 44.5 Å². The number of nitrogens with one attached hydrogen (secondary N) is 1. The second kappa shape index (κ2) is 5.82. The quantitative estimate of drug-likeness (QED) is 0.805. The van der Waals surface area contributed by atoms with Crippen molar-refractivity contribution in [2.75, 3.05) is 24.5 Å². The molecule has 2 rings (SSSR count). The molecule has 0 atom stereocenters. The van der Waals surface area contributed by atoms with Crippen molar-refractivity contribution >= 4 is 5.82 Å². The Bertz CT molecular complexity index is 409. The number of aromatic nitrogens is 2. The molecule has 5 heteroatoms. The molecule has 2 heterocycles. The summed E-state index contributed by atoms with van der Waals surface area (Å²) in [6.45, 7) is 2.53. The van der Waals surface area contributed by atoms with E-state index in [1.165, 1.54) is 6.42 Å². The van der Waals surface area contributed by atoms with Gasteiger partial charge in [0.05, 0.1) is 5.69 Å². The number of rotatable bonds is 4. The Hall–Kier alpha value is -1.36. The van der Waals surface area contributed by atoms with E-state index in [9.17, 15) is 4.79 Å². The van der Waals surface area contributed by atoms with Gasteiger partial charge in [0.2, 0.25) is 0 Å². The monoisotopic (exact) mass is 236 g/mol. The van der Waals surface area contributed by atoms with Crippen molar-refractivity contribution in [3.05, 3.63) is 22.2 Å². The van der Waals surface area contributed by atoms with Gasteiger partial charge >= 0.3 is 0 Å². The van der Waals surface area contributed by atoms with E-state index in [1.54, 1.807) is 6.20 Å². The number of H-pyrrole nitrogens is 1. The van der Waals surface area contributed by atoms with Crippen molar-refractivity contribution in [3.8, 4) is 0 Å². The van der Waals surface area contributed by atoms with Crippen molar-refractivity contribution < 1.29 is 0 Å². The van der Waals surface area contributed by atoms with Crippen LogP contribution in [0.2, 0.25) is 0 Å². The average Bonchev–Trinajstić information content (AvgIpc) is 2.39. The molecule has 1 aliphatic rings. The Labute approximate surface area is 101 Å². The number of nitrogens with two attached hydrogens (primary N) is 1. The first kappa shape index (κ1) is 12.1. The van der Waals surface area contributed by atoms with Gasteiger partial charge in [0.25, 0.3) is 5.56 Å². The van der Waals surface area contributed by atoms with E-state index in [1.807, 2.05) is 0 Å². The summed E-state index contributed by atoms with van der Waals surface area (Å²) >= 11 is 0. The lowest BCUT2D eigenvalue weighted by atomic mass is 10.1. The van der Waals surface area contributed by atoms with Gasteiger partial charge in [0.15, 0.2) is 5.82 Å². The highest BCUT2D eigenvalue weighted by atomic mass is 16.1. The number of hydrogen-bond donors (Lipinski definition) is 2. The lowest BCUT2D eigenvalue weighted by Gasteiger charge is -2.27. The van der Waals surface area contributed by atoms with Gasteiger partial charge in [-0.05, 0) is 38.6 Å². The van der Waals surface area contributed by atoms with Crippen LogP contribution in [0.4, 0.5) is 5.82 Å². The van der Waals surface area contributed by atoms with Crippen LogP contribution < -0.4 is 16.2 Å². The fourth-order valence-electron chi connectivity index (χ4n) is 2.16. The largest absolute Gasteiger partial charge is 0.352 e. The van der Waals surface area contributed by atoms with Gasteiger partial charge in [-0.3, -0.25) is 4.79 Å². The molecule has 3 N–H and O–H groups in total. The zero-order valence-electron chi connectivity index (χ0n) is 10.1. The van der Waals surface area contributed by atoms with Crippen LogP contribution in [0.3, 0.4) is 0 Å². The predicted octanol–water partition coefficient (Wildman–Crippen LogP) is 0.651. The molecule has 5 nitrogen and oxygen atoms in total. The summed E-state index contributed by atoms with van der Waals surface area (Å²) < 4.78 is 0. The maximum atomic E-state index is 11.8. The van der Waals surface area contributed by atoms with E-state index in [4.69, 9.17) is 5.73 Å². The van der Waals surface area contributed by atoms with E-state index in [2.05, 4.69) is 14.9 Å². The third-order valence-electron chi connectivity index (χ3n) is 3.12. The second-order valence-electron chi connectivity index (χ2n) is 4.48. The number of aryl methyl sites for hydroxylation is 1. The zero-order chi connectivity index (χ0) is 12.1. The first-order chi connectivity index (χ1) is 8.31. The molecule has 0 aliphatic carbocycles. The highest BCUT2D eigenvalue weighted by molar-refractivity contribution is 5.36. The number of hydrogen-bond acceptors (Lipinski definition) is 4. The van der Waals surface area contributed by atoms with Crippen molar-refractivity contribution in [2.45, 2.75) is 32.1 Å². The molecule has 0 amide bonds. The molecule has 17 heavy (non-hydrogen) atoms. The standard InChI is InChI=1S/C12H20N4O/c13-6-4-5-10-9-14-12(17)11(15-10)16-7-2-1-3-8-16/h9H,1-8,13H2,(H,14,17). The molecule has 1 aromatic heterocycles. The number of aromatic amines is 1. The molecule has 1 aromatic rings. The van der Waals surface area contributed by atoms with Crippen molar-refractivity contribution in [2.24, 2.45) is 5.73 Å². The maximum Gasteiger partial charge on any atom is 0.290 e. The Kier molecular flexibility index (Phi) is 4.14. The van der Waals surface area contributed by atoms with Gasteiger partial charge in [-0.1, -0.05) is 0 Å². The van der Waals surface area contributed by atoms with Crippen molar-refractivity contribution in [1.82, 2.24) is 9.97 Å². The van der Waals surface area contributed by atoms with Gasteiger partial charge in [-0.15, -0.1) is 0 Å². The molecule has 0 bridgehead atoms. The summed E-state index contributed by atoms with van der Waals surface area (Å²) in [5, 5.41) is 0. The van der Waals surface area contributed by atoms with Gasteiger partial charge in [-0.2, -0.15) is 0 Å². The zero-order valence-corrected chi connectivity index (χ0v) is 10.1. The lowest BCUT2D eigenvalue weighted by molar-refractivity contribution is 0.570. The van der Waals surface area contributed by atoms with Crippen LogP contribution in [0.25, 0.3) is 0 Å². The van der Waals surface area contributed by atoms with E-state index < -0.39 is 0 Å². The van der Waals surface area contributed by atoms with Crippen LogP contribution in [0.5, 0.6) is 0 Å². The lowest BCUT2D eigenvalue weighted by Crippen LogP contribution is -2.35. The first-order valence-corrected chi connectivity index (χ1v) is 6.35. The van der Waals surface area contributed by atoms with Crippen molar-refractivity contribution in [1.29, 1.82) is 0 Å². The minimum Gasteiger partial charge on any atom is -0.352 e. The first-order valence-electron chi connectivity index (χ1n) is 6.35. The van der Waals surface area contributed by atoms with E-state index in [-0.39, 0.29) is 5.56 Å². The van der Waals surface area contributed by atoms with Gasteiger partial charge < -0.3 is 15.6 Å². The summed E-state index contributed by atoms with van der Waals surface area (Å²) in [5.74, 6) is 0.583. The summed E-state index contributed by atoms with van der Waals surface area (Å²) in [6, 6.07) is 0. The molecule has 94 valence electrons. The minimum absolute atomic E-state index is 0.0802. The Morgan fingerprint density at radius 3 is 2.82 bits per heavy atom. The smallest absolute Gasteiger partial charge is 0.290 e. The SMILES string of the molecule is NCCCc1c[nH]c(=O)c(N2CCCCC2)n1. The van der Waals surface area contributed by atoms with Gasteiger partial charge in [0.1, 0.15) is 0 Å². The fourth-order valence-corrected chi connectivity index (χ4v) is 2.16. The Balaban J connectivity index is 2.16. The third kappa shape index (κ3) is 3.06. The maximum absolute atomic E-state index is 11.8. The van der Waals surface area contributed by atoms with Crippen LogP contribution in [0.15, 0.2) is 11.0 Å². The average molecular weight is 236 g/mol. The molecule has 0 unspecified atom stereocenters. The second-order valence-corrected chi connectivity index (χ2v) is 4.48. The van der Waals surface area contributed by atoms with Crippen LogP contribution >= 0.6 is 0 Å². The topological polar surface area (TPSA) is 75.0 Å². The molecule has 0 radical (unpaired) electrons. The van der Waals surface area contributed by atoms with E-state index in [0.29, 0.717) is 12.4 Å². The number of piperidine rings is 1. The molecule has 1 fully saturated rings. The van der Waals surface area contributed by atoms with Crippen LogP contribution in [0.1, 0.15) is 31.4 Å². The summed E-state index contributed by atoms with van der Waals surface area (Å²) in [5.41, 5.74) is 6.32. The minimum atomic E-state index is -0.0802. The Morgan fingerprint density at radius 2 is 2.12 bits per heavy atom. The van der Waals surface area contributed by atoms with Crippen LogP contribution in [0, 0.1) is 0 Å². The van der Waals surface area contributed by atoms with E-state index >= 15 is 0 Å². The molecular formula is C12H20N4O. The highest BCUT2D eigenvalue weighted by Gasteiger charge is 2.15. The third-order valence-corrected chi connectivity index (χ3v) is 3.12. The molecule has 1 saturated heterocycles. The molecule has 0 aromatic carbocycles. The van der Waals surface area contributed by atoms with Gasteiger partial charge in [0, 0.05) is 19.3 Å². The van der Waals surface area contributed by atoms with Crippen LogP contribution in [-0.4, -0.2) is 29.6 Å². The van der Waals surface area contributed by atoms with Crippen molar-refractivity contribution in [3.63, 3.8) is 0 Å². The normalized spacial score (nSPS) is 16.2.